The van der Waals surface area contributed by atoms with Crippen molar-refractivity contribution in [2.45, 2.75) is 65.8 Å². The van der Waals surface area contributed by atoms with Gasteiger partial charge in [-0.3, -0.25) is 4.79 Å². The molecule has 6 nitrogen and oxygen atoms in total. The number of aromatic hydroxyl groups is 1. The lowest BCUT2D eigenvalue weighted by Gasteiger charge is -2.21. The van der Waals surface area contributed by atoms with Crippen LogP contribution in [0, 0.1) is 0 Å². The van der Waals surface area contributed by atoms with Gasteiger partial charge in [-0.2, -0.15) is 0 Å². The summed E-state index contributed by atoms with van der Waals surface area (Å²) in [5.41, 5.74) is 3.56. The molecule has 0 atom stereocenters. The van der Waals surface area contributed by atoms with Crippen molar-refractivity contribution in [2.75, 3.05) is 10.6 Å². The van der Waals surface area contributed by atoms with Crippen LogP contribution in [-0.4, -0.2) is 15.7 Å². The molecule has 3 aromatic rings. The van der Waals surface area contributed by atoms with Gasteiger partial charge in [0.1, 0.15) is 11.4 Å². The van der Waals surface area contributed by atoms with E-state index in [1.54, 1.807) is 35.0 Å². The average molecular weight is 541 g/mol. The predicted octanol–water partition coefficient (Wildman–Crippen LogP) is 7.67. The topological polar surface area (TPSA) is 83.4 Å². The summed E-state index contributed by atoms with van der Waals surface area (Å²) in [5.74, 6) is 0.442. The molecule has 0 saturated heterocycles. The van der Waals surface area contributed by atoms with E-state index in [2.05, 4.69) is 61.2 Å². The molecule has 35 heavy (non-hydrogen) atoms. The van der Waals surface area contributed by atoms with Gasteiger partial charge in [0.15, 0.2) is 0 Å². The van der Waals surface area contributed by atoms with E-state index < -0.39 is 6.03 Å². The van der Waals surface area contributed by atoms with Gasteiger partial charge in [0.2, 0.25) is 0 Å². The monoisotopic (exact) mass is 539 g/mol. The molecule has 3 N–H and O–H groups in total. The standard InChI is InChI=1S/C28H34BrN3O3/c1-6-7-14-32-15-13-22(23-16-19(29)11-12-24(23)33)26(27(32)34)31-28(35)30-25-20(17(2)3)9-8-10-21(25)18(4)5/h8-13,15-18,33H,6-7,14H2,1-5H3,(H2,30,31,35). The van der Waals surface area contributed by atoms with Gasteiger partial charge in [0.25, 0.3) is 5.56 Å². The van der Waals surface area contributed by atoms with Crippen molar-refractivity contribution in [3.05, 3.63) is 74.6 Å². The van der Waals surface area contributed by atoms with Gasteiger partial charge in [0, 0.05) is 34.0 Å². The zero-order chi connectivity index (χ0) is 25.7. The third-order valence-electron chi connectivity index (χ3n) is 6.02. The number of pyridine rings is 1. The number of carbonyl (C=O) groups excluding carboxylic acids is 1. The van der Waals surface area contributed by atoms with Crippen LogP contribution in [0.3, 0.4) is 0 Å². The van der Waals surface area contributed by atoms with Crippen LogP contribution in [0.1, 0.15) is 70.4 Å². The molecule has 0 unspecified atom stereocenters. The van der Waals surface area contributed by atoms with Crippen LogP contribution in [0.2, 0.25) is 0 Å². The minimum Gasteiger partial charge on any atom is -0.507 e. The van der Waals surface area contributed by atoms with E-state index in [1.807, 2.05) is 18.2 Å². The fraction of sp³-hybridized carbons (Fsp3) is 0.357. The number of amides is 2. The van der Waals surface area contributed by atoms with Crippen LogP contribution in [0.15, 0.2) is 57.9 Å². The quantitative estimate of drug-likeness (QED) is 0.274. The molecular weight excluding hydrogens is 506 g/mol. The fourth-order valence-corrected chi connectivity index (χ4v) is 4.46. The second-order valence-electron chi connectivity index (χ2n) is 9.32. The molecule has 7 heteroatoms. The molecule has 1 aromatic heterocycles. The van der Waals surface area contributed by atoms with Gasteiger partial charge in [0.05, 0.1) is 0 Å². The number of hydrogen-bond donors (Lipinski definition) is 3. The first kappa shape index (κ1) is 26.5. The van der Waals surface area contributed by atoms with E-state index in [9.17, 15) is 14.7 Å². The lowest BCUT2D eigenvalue weighted by Crippen LogP contribution is -2.29. The van der Waals surface area contributed by atoms with Gasteiger partial charge in [-0.25, -0.2) is 4.79 Å². The number of nitrogens with zero attached hydrogens (tertiary/aromatic N) is 1. The van der Waals surface area contributed by atoms with E-state index >= 15 is 0 Å². The normalized spacial score (nSPS) is 11.2. The molecule has 0 aliphatic carbocycles. The Morgan fingerprint density at radius 3 is 2.20 bits per heavy atom. The molecular formula is C28H34BrN3O3. The van der Waals surface area contributed by atoms with E-state index in [0.717, 1.165) is 34.1 Å². The molecule has 0 radical (unpaired) electrons. The Bertz CT molecular complexity index is 1240. The predicted molar refractivity (Wildman–Crippen MR) is 148 cm³/mol. The van der Waals surface area contributed by atoms with Gasteiger partial charge >= 0.3 is 6.03 Å². The lowest BCUT2D eigenvalue weighted by molar-refractivity contribution is 0.262. The first-order valence-corrected chi connectivity index (χ1v) is 12.9. The highest BCUT2D eigenvalue weighted by Crippen LogP contribution is 2.36. The number of anilines is 2. The molecule has 2 amide bonds. The first-order valence-electron chi connectivity index (χ1n) is 12.1. The molecule has 0 fully saturated rings. The highest BCUT2D eigenvalue weighted by Gasteiger charge is 2.20. The van der Waals surface area contributed by atoms with Gasteiger partial charge in [-0.1, -0.05) is 75.2 Å². The summed E-state index contributed by atoms with van der Waals surface area (Å²) in [7, 11) is 0. The fourth-order valence-electron chi connectivity index (χ4n) is 4.10. The minimum absolute atomic E-state index is 0.0228. The highest BCUT2D eigenvalue weighted by atomic mass is 79.9. The van der Waals surface area contributed by atoms with E-state index in [-0.39, 0.29) is 28.8 Å². The van der Waals surface area contributed by atoms with Crippen molar-refractivity contribution in [3.63, 3.8) is 0 Å². The average Bonchev–Trinajstić information content (AvgIpc) is 2.81. The molecule has 0 aliphatic rings. The van der Waals surface area contributed by atoms with E-state index in [1.165, 1.54) is 0 Å². The van der Waals surface area contributed by atoms with Gasteiger partial charge < -0.3 is 20.3 Å². The van der Waals surface area contributed by atoms with E-state index in [4.69, 9.17) is 0 Å². The number of nitrogens with one attached hydrogen (secondary N) is 2. The Balaban J connectivity index is 2.07. The second-order valence-corrected chi connectivity index (χ2v) is 10.2. The number of urea groups is 1. The minimum atomic E-state index is -0.499. The van der Waals surface area contributed by atoms with Crippen LogP contribution in [-0.2, 0) is 6.54 Å². The zero-order valence-electron chi connectivity index (χ0n) is 21.0. The first-order chi connectivity index (χ1) is 16.6. The summed E-state index contributed by atoms with van der Waals surface area (Å²) in [5, 5.41) is 16.3. The highest BCUT2D eigenvalue weighted by molar-refractivity contribution is 9.10. The molecule has 1 heterocycles. The van der Waals surface area contributed by atoms with Crippen LogP contribution in [0.25, 0.3) is 11.1 Å². The number of unbranched alkanes of at least 4 members (excludes halogenated alkanes) is 1. The van der Waals surface area contributed by atoms with Crippen molar-refractivity contribution in [1.82, 2.24) is 4.57 Å². The third-order valence-corrected chi connectivity index (χ3v) is 6.51. The third kappa shape index (κ3) is 6.14. The molecule has 2 aromatic carbocycles. The number of para-hydroxylation sites is 1. The van der Waals surface area contributed by atoms with Crippen molar-refractivity contribution in [2.24, 2.45) is 0 Å². The number of phenolic OH excluding ortho intramolecular Hbond substituents is 1. The SMILES string of the molecule is CCCCn1ccc(-c2cc(Br)ccc2O)c(NC(=O)Nc2c(C(C)C)cccc2C(C)C)c1=O. The number of halogens is 1. The van der Waals surface area contributed by atoms with Crippen LogP contribution < -0.4 is 16.2 Å². The largest absolute Gasteiger partial charge is 0.507 e. The molecule has 3 rings (SSSR count). The van der Waals surface area contributed by atoms with Crippen molar-refractivity contribution in [1.29, 1.82) is 0 Å². The van der Waals surface area contributed by atoms with Crippen molar-refractivity contribution < 1.29 is 9.90 Å². The lowest BCUT2D eigenvalue weighted by atomic mass is 9.93. The summed E-state index contributed by atoms with van der Waals surface area (Å²) >= 11 is 3.43. The summed E-state index contributed by atoms with van der Waals surface area (Å²) < 4.78 is 2.35. The number of aryl methyl sites for hydroxylation is 1. The summed E-state index contributed by atoms with van der Waals surface area (Å²) in [4.78, 5) is 26.7. The maximum absolute atomic E-state index is 13.4. The number of rotatable bonds is 8. The number of benzene rings is 2. The van der Waals surface area contributed by atoms with Crippen LogP contribution in [0.4, 0.5) is 16.2 Å². The Hall–Kier alpha value is -3.06. The Kier molecular flexibility index (Phi) is 8.78. The van der Waals surface area contributed by atoms with Crippen LogP contribution >= 0.6 is 15.9 Å². The number of hydrogen-bond acceptors (Lipinski definition) is 3. The number of carbonyl (C=O) groups is 1. The van der Waals surface area contributed by atoms with Gasteiger partial charge in [-0.05, 0) is 53.6 Å². The maximum atomic E-state index is 13.4. The Labute approximate surface area is 215 Å². The Morgan fingerprint density at radius 1 is 0.971 bits per heavy atom. The number of phenols is 1. The molecule has 0 aliphatic heterocycles. The molecule has 186 valence electrons. The van der Waals surface area contributed by atoms with Gasteiger partial charge in [-0.15, -0.1) is 0 Å². The van der Waals surface area contributed by atoms with Crippen LogP contribution in [0.5, 0.6) is 5.75 Å². The Morgan fingerprint density at radius 2 is 1.60 bits per heavy atom. The summed E-state index contributed by atoms with van der Waals surface area (Å²) in [6.45, 7) is 10.9. The molecule has 0 saturated carbocycles. The zero-order valence-corrected chi connectivity index (χ0v) is 22.6. The summed E-state index contributed by atoms with van der Waals surface area (Å²) in [6, 6.07) is 12.3. The smallest absolute Gasteiger partial charge is 0.323 e. The maximum Gasteiger partial charge on any atom is 0.323 e. The number of aromatic nitrogens is 1. The van der Waals surface area contributed by atoms with Crippen molar-refractivity contribution >= 4 is 33.3 Å². The second kappa shape index (κ2) is 11.6. The summed E-state index contributed by atoms with van der Waals surface area (Å²) in [6.07, 6.45) is 3.49. The molecule has 0 bridgehead atoms. The molecule has 0 spiro atoms. The van der Waals surface area contributed by atoms with E-state index in [0.29, 0.717) is 17.7 Å². The van der Waals surface area contributed by atoms with Crippen molar-refractivity contribution in [3.8, 4) is 16.9 Å².